The lowest BCUT2D eigenvalue weighted by molar-refractivity contribution is 0.665. The normalized spacial score (nSPS) is 12.4. The molecule has 0 radical (unpaired) electrons. The van der Waals surface area contributed by atoms with Crippen molar-refractivity contribution in [1.29, 1.82) is 10.5 Å². The second-order valence-corrected chi connectivity index (χ2v) is 5.64. The minimum Gasteiger partial charge on any atom is -0.249 e. The van der Waals surface area contributed by atoms with Gasteiger partial charge in [-0.3, -0.25) is 0 Å². The number of nitrogens with zero attached hydrogens (tertiary/aromatic N) is 5. The number of nitriles is 2. The molecule has 2 rings (SSSR count). The van der Waals surface area contributed by atoms with Gasteiger partial charge in [0.05, 0.1) is 30.0 Å². The molecule has 0 fully saturated rings. The maximum Gasteiger partial charge on any atom is 0.137 e. The van der Waals surface area contributed by atoms with Gasteiger partial charge in [0.15, 0.2) is 0 Å². The number of hydrogen-bond acceptors (Lipinski definition) is 4. The van der Waals surface area contributed by atoms with E-state index in [-0.39, 0.29) is 5.92 Å². The Morgan fingerprint density at radius 2 is 2.05 bits per heavy atom. The fourth-order valence-electron chi connectivity index (χ4n) is 2.06. The molecule has 0 spiro atoms. The van der Waals surface area contributed by atoms with Crippen LogP contribution in [-0.4, -0.2) is 14.8 Å². The third-order valence-corrected chi connectivity index (χ3v) is 3.52. The molecule has 0 unspecified atom stereocenters. The van der Waals surface area contributed by atoms with Gasteiger partial charge in [-0.15, -0.1) is 0 Å². The summed E-state index contributed by atoms with van der Waals surface area (Å²) in [4.78, 5) is 3.93. The van der Waals surface area contributed by atoms with Gasteiger partial charge in [0.1, 0.15) is 12.7 Å². The van der Waals surface area contributed by atoms with Gasteiger partial charge in [-0.1, -0.05) is 18.2 Å². The molecule has 5 nitrogen and oxygen atoms in total. The molecule has 0 bridgehead atoms. The summed E-state index contributed by atoms with van der Waals surface area (Å²) in [6.07, 6.45) is 3.14. The van der Waals surface area contributed by atoms with Crippen LogP contribution in [0.3, 0.4) is 0 Å². The average Bonchev–Trinajstić information content (AvgIpc) is 2.98. The Balaban J connectivity index is 2.48. The molecule has 0 saturated heterocycles. The highest BCUT2D eigenvalue weighted by molar-refractivity contribution is 5.40. The van der Waals surface area contributed by atoms with Gasteiger partial charge in [0, 0.05) is 0 Å². The summed E-state index contributed by atoms with van der Waals surface area (Å²) >= 11 is 0. The van der Waals surface area contributed by atoms with Gasteiger partial charge >= 0.3 is 0 Å². The van der Waals surface area contributed by atoms with Gasteiger partial charge in [-0.25, -0.2) is 9.67 Å². The van der Waals surface area contributed by atoms with Crippen LogP contribution in [-0.2, 0) is 12.0 Å². The Hall–Kier alpha value is -2.66. The van der Waals surface area contributed by atoms with Gasteiger partial charge in [-0.05, 0) is 37.5 Å². The van der Waals surface area contributed by atoms with Crippen LogP contribution in [0.2, 0.25) is 0 Å². The monoisotopic (exact) mass is 279 g/mol. The van der Waals surface area contributed by atoms with E-state index in [2.05, 4.69) is 22.2 Å². The molecule has 106 valence electrons. The molecule has 21 heavy (non-hydrogen) atoms. The molecule has 1 aromatic carbocycles. The van der Waals surface area contributed by atoms with E-state index < -0.39 is 5.41 Å². The summed E-state index contributed by atoms with van der Waals surface area (Å²) in [6, 6.07) is 10.5. The molecule has 0 aliphatic rings. The molecule has 0 saturated carbocycles. The lowest BCUT2D eigenvalue weighted by atomic mass is 9.83. The largest absolute Gasteiger partial charge is 0.249 e. The van der Waals surface area contributed by atoms with Crippen molar-refractivity contribution in [2.45, 2.75) is 38.6 Å². The minimum atomic E-state index is -0.595. The first-order valence-electron chi connectivity index (χ1n) is 6.74. The third-order valence-electron chi connectivity index (χ3n) is 3.52. The van der Waals surface area contributed by atoms with Crippen LogP contribution >= 0.6 is 0 Å². The van der Waals surface area contributed by atoms with Crippen molar-refractivity contribution in [2.75, 3.05) is 0 Å². The fourth-order valence-corrected chi connectivity index (χ4v) is 2.06. The van der Waals surface area contributed by atoms with Gasteiger partial charge in [0.2, 0.25) is 0 Å². The number of benzene rings is 1. The lowest BCUT2D eigenvalue weighted by Gasteiger charge is -2.19. The van der Waals surface area contributed by atoms with E-state index in [1.807, 2.05) is 39.0 Å². The zero-order valence-corrected chi connectivity index (χ0v) is 12.4. The highest BCUT2D eigenvalue weighted by atomic mass is 15.3. The Morgan fingerprint density at radius 3 is 2.62 bits per heavy atom. The quantitative estimate of drug-likeness (QED) is 0.862. The Bertz CT molecular complexity index is 701. The standard InChI is InChI=1S/C16H17N5/c1-12(7-17)14-4-13(8-21-11-19-10-20-21)5-15(6-14)16(2,3)9-18/h4-6,10-12H,8H2,1-3H3/t12-/m0/s1. The zero-order chi connectivity index (χ0) is 15.5. The molecule has 1 atom stereocenters. The van der Waals surface area contributed by atoms with Crippen molar-refractivity contribution in [3.63, 3.8) is 0 Å². The van der Waals surface area contributed by atoms with Gasteiger partial charge < -0.3 is 0 Å². The Morgan fingerprint density at radius 1 is 1.29 bits per heavy atom. The molecular weight excluding hydrogens is 262 g/mol. The van der Waals surface area contributed by atoms with E-state index in [0.717, 1.165) is 16.7 Å². The first-order chi connectivity index (χ1) is 9.96. The second kappa shape index (κ2) is 5.76. The molecule has 0 aliphatic heterocycles. The van der Waals surface area contributed by atoms with Crippen molar-refractivity contribution < 1.29 is 0 Å². The van der Waals surface area contributed by atoms with Crippen LogP contribution in [0.5, 0.6) is 0 Å². The molecular formula is C16H17N5. The van der Waals surface area contributed by atoms with Crippen LogP contribution in [0.25, 0.3) is 0 Å². The second-order valence-electron chi connectivity index (χ2n) is 5.64. The van der Waals surface area contributed by atoms with Crippen molar-refractivity contribution in [2.24, 2.45) is 0 Å². The van der Waals surface area contributed by atoms with Crippen molar-refractivity contribution in [1.82, 2.24) is 14.8 Å². The van der Waals surface area contributed by atoms with E-state index in [1.54, 1.807) is 11.0 Å². The fraction of sp³-hybridized carbons (Fsp3) is 0.375. The lowest BCUT2D eigenvalue weighted by Crippen LogP contribution is -2.15. The van der Waals surface area contributed by atoms with Crippen LogP contribution in [0.15, 0.2) is 30.9 Å². The van der Waals surface area contributed by atoms with E-state index >= 15 is 0 Å². The predicted molar refractivity (Wildman–Crippen MR) is 78.2 cm³/mol. The molecule has 1 aromatic heterocycles. The van der Waals surface area contributed by atoms with Crippen LogP contribution in [0, 0.1) is 22.7 Å². The highest BCUT2D eigenvalue weighted by Gasteiger charge is 2.22. The maximum absolute atomic E-state index is 9.34. The summed E-state index contributed by atoms with van der Waals surface area (Å²) in [5.74, 6) is -0.214. The van der Waals surface area contributed by atoms with Crippen molar-refractivity contribution >= 4 is 0 Å². The van der Waals surface area contributed by atoms with E-state index in [9.17, 15) is 5.26 Å². The Kier molecular flexibility index (Phi) is 4.05. The molecule has 2 aromatic rings. The number of rotatable bonds is 4. The van der Waals surface area contributed by atoms with E-state index in [1.165, 1.54) is 6.33 Å². The Labute approximate surface area is 124 Å². The average molecular weight is 279 g/mol. The topological polar surface area (TPSA) is 78.3 Å². The minimum absolute atomic E-state index is 0.214. The molecule has 0 aliphatic carbocycles. The highest BCUT2D eigenvalue weighted by Crippen LogP contribution is 2.27. The number of aromatic nitrogens is 3. The molecule has 5 heteroatoms. The molecule has 1 heterocycles. The van der Waals surface area contributed by atoms with Crippen molar-refractivity contribution in [3.05, 3.63) is 47.5 Å². The van der Waals surface area contributed by atoms with Crippen LogP contribution in [0.4, 0.5) is 0 Å². The van der Waals surface area contributed by atoms with E-state index in [4.69, 9.17) is 5.26 Å². The molecule has 0 N–H and O–H groups in total. The summed E-state index contributed by atoms with van der Waals surface area (Å²) in [5.41, 5.74) is 2.26. The summed E-state index contributed by atoms with van der Waals surface area (Å²) < 4.78 is 1.72. The van der Waals surface area contributed by atoms with Crippen LogP contribution in [0.1, 0.15) is 43.4 Å². The third kappa shape index (κ3) is 3.27. The van der Waals surface area contributed by atoms with Gasteiger partial charge in [0.25, 0.3) is 0 Å². The summed E-state index contributed by atoms with van der Waals surface area (Å²) in [5, 5.41) is 22.6. The summed E-state index contributed by atoms with van der Waals surface area (Å²) in [6.45, 7) is 6.18. The zero-order valence-electron chi connectivity index (χ0n) is 12.4. The van der Waals surface area contributed by atoms with Crippen LogP contribution < -0.4 is 0 Å². The predicted octanol–water partition coefficient (Wildman–Crippen LogP) is 2.75. The van der Waals surface area contributed by atoms with Gasteiger partial charge in [-0.2, -0.15) is 15.6 Å². The number of hydrogen-bond donors (Lipinski definition) is 0. The maximum atomic E-state index is 9.34. The van der Waals surface area contributed by atoms with Crippen molar-refractivity contribution in [3.8, 4) is 12.1 Å². The van der Waals surface area contributed by atoms with E-state index in [0.29, 0.717) is 6.54 Å². The molecule has 0 amide bonds. The first kappa shape index (κ1) is 14.7. The smallest absolute Gasteiger partial charge is 0.137 e. The SMILES string of the molecule is C[C@@H](C#N)c1cc(Cn2cncn2)cc(C(C)(C)C#N)c1. The first-order valence-corrected chi connectivity index (χ1v) is 6.74. The summed E-state index contributed by atoms with van der Waals surface area (Å²) in [7, 11) is 0.